The van der Waals surface area contributed by atoms with Gasteiger partial charge in [-0.2, -0.15) is 0 Å². The molecule has 3 rings (SSSR count). The maximum absolute atomic E-state index is 12.4. The Morgan fingerprint density at radius 2 is 1.95 bits per heavy atom. The van der Waals surface area contributed by atoms with E-state index in [1.54, 1.807) is 11.8 Å². The molecule has 108 valence electrons. The van der Waals surface area contributed by atoms with Gasteiger partial charge < -0.3 is 19.5 Å². The molecule has 5 nitrogen and oxygen atoms in total. The van der Waals surface area contributed by atoms with Gasteiger partial charge in [-0.05, 0) is 12.5 Å². The average molecular weight is 277 g/mol. The molecule has 0 aromatic heterocycles. The molecule has 1 amide bonds. The summed E-state index contributed by atoms with van der Waals surface area (Å²) in [7, 11) is 0. The van der Waals surface area contributed by atoms with Gasteiger partial charge in [0, 0.05) is 6.54 Å². The minimum absolute atomic E-state index is 0.0164. The van der Waals surface area contributed by atoms with E-state index in [1.807, 2.05) is 30.3 Å². The van der Waals surface area contributed by atoms with Crippen LogP contribution >= 0.6 is 0 Å². The summed E-state index contributed by atoms with van der Waals surface area (Å²) in [4.78, 5) is 14.1. The van der Waals surface area contributed by atoms with Gasteiger partial charge in [0.25, 0.3) is 0 Å². The van der Waals surface area contributed by atoms with Gasteiger partial charge in [-0.3, -0.25) is 4.79 Å². The second-order valence-corrected chi connectivity index (χ2v) is 5.39. The van der Waals surface area contributed by atoms with Crippen molar-refractivity contribution in [2.24, 2.45) is 5.92 Å². The topological polar surface area (TPSA) is 59.0 Å². The number of carbonyl (C=O) groups excluding carboxylic acids is 1. The van der Waals surface area contributed by atoms with Crippen molar-refractivity contribution in [2.75, 3.05) is 19.8 Å². The number of ether oxygens (including phenoxy) is 2. The van der Waals surface area contributed by atoms with Gasteiger partial charge in [-0.25, -0.2) is 0 Å². The number of likely N-dealkylation sites (tertiary alicyclic amines) is 1. The summed E-state index contributed by atoms with van der Waals surface area (Å²) in [6.45, 7) is 3.21. The number of β-lactam (4-membered cyclic amide) rings is 1. The van der Waals surface area contributed by atoms with E-state index in [9.17, 15) is 9.90 Å². The predicted molar refractivity (Wildman–Crippen MR) is 71.7 cm³/mol. The first-order valence-electron chi connectivity index (χ1n) is 6.89. The van der Waals surface area contributed by atoms with E-state index in [4.69, 9.17) is 9.47 Å². The van der Waals surface area contributed by atoms with Crippen LogP contribution in [-0.4, -0.2) is 47.6 Å². The first-order chi connectivity index (χ1) is 9.65. The van der Waals surface area contributed by atoms with Crippen LogP contribution in [0.3, 0.4) is 0 Å². The summed E-state index contributed by atoms with van der Waals surface area (Å²) >= 11 is 0. The lowest BCUT2D eigenvalue weighted by Crippen LogP contribution is -2.68. The number of rotatable bonds is 4. The monoisotopic (exact) mass is 277 g/mol. The molecule has 0 bridgehead atoms. The fraction of sp³-hybridized carbons (Fsp3) is 0.533. The Hall–Kier alpha value is -1.43. The third kappa shape index (κ3) is 2.12. The molecule has 2 atom stereocenters. The van der Waals surface area contributed by atoms with Crippen molar-refractivity contribution in [1.82, 2.24) is 4.90 Å². The molecule has 0 aliphatic carbocycles. The van der Waals surface area contributed by atoms with Crippen LogP contribution in [0.2, 0.25) is 0 Å². The highest BCUT2D eigenvalue weighted by Crippen LogP contribution is 2.40. The zero-order chi connectivity index (χ0) is 14.2. The Balaban J connectivity index is 1.74. The molecule has 0 spiro atoms. The first-order valence-corrected chi connectivity index (χ1v) is 6.89. The quantitative estimate of drug-likeness (QED) is 0.826. The Morgan fingerprint density at radius 1 is 1.30 bits per heavy atom. The second kappa shape index (κ2) is 5.16. The van der Waals surface area contributed by atoms with Crippen LogP contribution in [0.15, 0.2) is 30.3 Å². The van der Waals surface area contributed by atoms with Gasteiger partial charge in [0.2, 0.25) is 5.91 Å². The SMILES string of the molecule is CC1([C@H]2C(=O)N(Cc3ccccc3)[C@@H]2CO)OCCO1. The minimum atomic E-state index is -0.891. The van der Waals surface area contributed by atoms with Gasteiger partial charge in [0.05, 0.1) is 25.9 Å². The second-order valence-electron chi connectivity index (χ2n) is 5.39. The van der Waals surface area contributed by atoms with Gasteiger partial charge >= 0.3 is 0 Å². The van der Waals surface area contributed by atoms with Crippen LogP contribution in [0.1, 0.15) is 12.5 Å². The number of hydrogen-bond acceptors (Lipinski definition) is 4. The van der Waals surface area contributed by atoms with Crippen LogP contribution < -0.4 is 0 Å². The molecule has 0 unspecified atom stereocenters. The van der Waals surface area contributed by atoms with Crippen molar-refractivity contribution < 1.29 is 19.4 Å². The molecule has 0 saturated carbocycles. The zero-order valence-corrected chi connectivity index (χ0v) is 11.5. The zero-order valence-electron chi connectivity index (χ0n) is 11.5. The molecule has 1 N–H and O–H groups in total. The molecule has 5 heteroatoms. The fourth-order valence-electron chi connectivity index (χ4n) is 3.07. The fourth-order valence-corrected chi connectivity index (χ4v) is 3.07. The van der Waals surface area contributed by atoms with Crippen molar-refractivity contribution in [3.8, 4) is 0 Å². The highest BCUT2D eigenvalue weighted by molar-refractivity contribution is 5.87. The summed E-state index contributed by atoms with van der Waals surface area (Å²) in [5.74, 6) is -1.33. The number of aliphatic hydroxyl groups is 1. The Bertz CT molecular complexity index is 484. The Labute approximate surface area is 118 Å². The van der Waals surface area contributed by atoms with E-state index < -0.39 is 11.7 Å². The van der Waals surface area contributed by atoms with Crippen molar-refractivity contribution in [2.45, 2.75) is 25.3 Å². The van der Waals surface area contributed by atoms with Crippen molar-refractivity contribution in [3.63, 3.8) is 0 Å². The summed E-state index contributed by atoms with van der Waals surface area (Å²) in [5.41, 5.74) is 1.05. The van der Waals surface area contributed by atoms with E-state index in [0.717, 1.165) is 5.56 Å². The average Bonchev–Trinajstić information content (AvgIpc) is 2.89. The van der Waals surface area contributed by atoms with Crippen LogP contribution in [0.4, 0.5) is 0 Å². The maximum Gasteiger partial charge on any atom is 0.233 e. The van der Waals surface area contributed by atoms with E-state index in [-0.39, 0.29) is 18.6 Å². The third-order valence-corrected chi connectivity index (χ3v) is 4.14. The lowest BCUT2D eigenvalue weighted by Gasteiger charge is -2.51. The lowest BCUT2D eigenvalue weighted by atomic mass is 9.81. The number of aliphatic hydroxyl groups excluding tert-OH is 1. The molecule has 2 aliphatic rings. The number of nitrogens with zero attached hydrogens (tertiary/aromatic N) is 1. The maximum atomic E-state index is 12.4. The minimum Gasteiger partial charge on any atom is -0.394 e. The van der Waals surface area contributed by atoms with Crippen LogP contribution in [0.25, 0.3) is 0 Å². The van der Waals surface area contributed by atoms with E-state index in [2.05, 4.69) is 0 Å². The van der Waals surface area contributed by atoms with E-state index in [0.29, 0.717) is 19.8 Å². The van der Waals surface area contributed by atoms with Crippen LogP contribution in [0, 0.1) is 5.92 Å². The summed E-state index contributed by atoms with van der Waals surface area (Å²) in [6, 6.07) is 9.52. The number of hydrogen-bond donors (Lipinski definition) is 1. The highest BCUT2D eigenvalue weighted by atomic mass is 16.7. The highest BCUT2D eigenvalue weighted by Gasteiger charge is 2.58. The molecule has 20 heavy (non-hydrogen) atoms. The standard InChI is InChI=1S/C15H19NO4/c1-15(19-7-8-20-15)13-12(10-17)16(14(13)18)9-11-5-3-2-4-6-11/h2-6,12-13,17H,7-10H2,1H3/t12-,13-/m1/s1. The number of carbonyl (C=O) groups is 1. The van der Waals surface area contributed by atoms with Crippen molar-refractivity contribution in [1.29, 1.82) is 0 Å². The summed E-state index contributed by atoms with van der Waals surface area (Å²) in [6.07, 6.45) is 0. The molecule has 1 aromatic rings. The lowest BCUT2D eigenvalue weighted by molar-refractivity contribution is -0.232. The number of amides is 1. The van der Waals surface area contributed by atoms with Crippen molar-refractivity contribution in [3.05, 3.63) is 35.9 Å². The van der Waals surface area contributed by atoms with E-state index >= 15 is 0 Å². The van der Waals surface area contributed by atoms with E-state index in [1.165, 1.54) is 0 Å². The van der Waals surface area contributed by atoms with Gasteiger partial charge in [-0.15, -0.1) is 0 Å². The smallest absolute Gasteiger partial charge is 0.233 e. The number of benzene rings is 1. The first kappa shape index (κ1) is 13.5. The molecule has 2 fully saturated rings. The summed E-state index contributed by atoms with van der Waals surface area (Å²) in [5, 5.41) is 9.59. The molecule has 2 saturated heterocycles. The Morgan fingerprint density at radius 3 is 2.55 bits per heavy atom. The summed E-state index contributed by atoms with van der Waals surface area (Å²) < 4.78 is 11.1. The van der Waals surface area contributed by atoms with Gasteiger partial charge in [0.15, 0.2) is 5.79 Å². The van der Waals surface area contributed by atoms with Gasteiger partial charge in [-0.1, -0.05) is 30.3 Å². The molecule has 2 heterocycles. The Kier molecular flexibility index (Phi) is 3.50. The third-order valence-electron chi connectivity index (χ3n) is 4.14. The van der Waals surface area contributed by atoms with Crippen LogP contribution in [-0.2, 0) is 20.8 Å². The largest absolute Gasteiger partial charge is 0.394 e. The van der Waals surface area contributed by atoms with Crippen LogP contribution in [0.5, 0.6) is 0 Å². The molecule has 2 aliphatic heterocycles. The molecule has 0 radical (unpaired) electrons. The molecular weight excluding hydrogens is 258 g/mol. The normalized spacial score (nSPS) is 28.5. The molecule has 1 aromatic carbocycles. The van der Waals surface area contributed by atoms with Gasteiger partial charge in [0.1, 0.15) is 5.92 Å². The van der Waals surface area contributed by atoms with Crippen molar-refractivity contribution >= 4 is 5.91 Å². The molecular formula is C15H19NO4. The predicted octanol–water partition coefficient (Wildman–Crippen LogP) is 0.769.